The first kappa shape index (κ1) is 15.2. The van der Waals surface area contributed by atoms with Crippen molar-refractivity contribution in [1.29, 1.82) is 0 Å². The van der Waals surface area contributed by atoms with Gasteiger partial charge in [0.25, 0.3) is 5.91 Å². The minimum Gasteiger partial charge on any atom is -0.480 e. The fourth-order valence-corrected chi connectivity index (χ4v) is 1.88. The lowest BCUT2D eigenvalue weighted by Crippen LogP contribution is -2.52. The minimum absolute atomic E-state index is 0.386. The summed E-state index contributed by atoms with van der Waals surface area (Å²) >= 11 is 0. The van der Waals surface area contributed by atoms with Crippen molar-refractivity contribution < 1.29 is 14.7 Å². The van der Waals surface area contributed by atoms with E-state index < -0.39 is 17.4 Å². The molecule has 0 fully saturated rings. The third kappa shape index (κ3) is 3.81. The van der Waals surface area contributed by atoms with Gasteiger partial charge in [-0.2, -0.15) is 5.10 Å². The van der Waals surface area contributed by atoms with Gasteiger partial charge in [0.1, 0.15) is 5.54 Å². The molecule has 19 heavy (non-hydrogen) atoms. The second-order valence-electron chi connectivity index (χ2n) is 4.83. The highest BCUT2D eigenvalue weighted by molar-refractivity contribution is 5.97. The molecular formula is C13H21N3O3. The van der Waals surface area contributed by atoms with Gasteiger partial charge in [-0.05, 0) is 19.8 Å². The first-order valence-corrected chi connectivity index (χ1v) is 6.51. The molecule has 1 heterocycles. The van der Waals surface area contributed by atoms with Gasteiger partial charge < -0.3 is 10.4 Å². The lowest BCUT2D eigenvalue weighted by molar-refractivity contribution is -0.144. The molecule has 1 atom stereocenters. The summed E-state index contributed by atoms with van der Waals surface area (Å²) in [5.74, 6) is -1.43. The Morgan fingerprint density at radius 1 is 1.42 bits per heavy atom. The monoisotopic (exact) mass is 267 g/mol. The number of nitrogens with zero attached hydrogens (tertiary/aromatic N) is 2. The Morgan fingerprint density at radius 2 is 2.11 bits per heavy atom. The minimum atomic E-state index is -1.24. The highest BCUT2D eigenvalue weighted by Crippen LogP contribution is 2.14. The number of hydrogen-bond acceptors (Lipinski definition) is 3. The number of hydrogen-bond donors (Lipinski definition) is 2. The van der Waals surface area contributed by atoms with Crippen LogP contribution in [0.4, 0.5) is 0 Å². The van der Waals surface area contributed by atoms with Crippen LogP contribution in [0.15, 0.2) is 12.4 Å². The molecule has 106 valence electrons. The number of carboxylic acid groups (broad SMARTS) is 1. The van der Waals surface area contributed by atoms with Crippen molar-refractivity contribution in [2.24, 2.45) is 0 Å². The Hall–Kier alpha value is -1.85. The Morgan fingerprint density at radius 3 is 2.63 bits per heavy atom. The SMILES string of the molecule is CCCn1cc(C(=O)NC(C)(CCC)C(=O)O)cn1. The van der Waals surface area contributed by atoms with E-state index in [4.69, 9.17) is 0 Å². The van der Waals surface area contributed by atoms with E-state index in [0.29, 0.717) is 18.4 Å². The topological polar surface area (TPSA) is 84.2 Å². The molecule has 0 spiro atoms. The number of amides is 1. The summed E-state index contributed by atoms with van der Waals surface area (Å²) in [6.07, 6.45) is 5.08. The number of rotatable bonds is 7. The standard InChI is InChI=1S/C13H21N3O3/c1-4-6-13(3,12(18)19)15-11(17)10-8-14-16(9-10)7-5-2/h8-9H,4-7H2,1-3H3,(H,15,17)(H,18,19). The van der Waals surface area contributed by atoms with Gasteiger partial charge in [-0.25, -0.2) is 4.79 Å². The third-order valence-electron chi connectivity index (χ3n) is 2.96. The van der Waals surface area contributed by atoms with Crippen molar-refractivity contribution in [3.05, 3.63) is 18.0 Å². The lowest BCUT2D eigenvalue weighted by atomic mass is 9.96. The van der Waals surface area contributed by atoms with Gasteiger partial charge in [0.05, 0.1) is 11.8 Å². The van der Waals surface area contributed by atoms with Crippen LogP contribution in [0.2, 0.25) is 0 Å². The molecule has 1 amide bonds. The molecule has 0 radical (unpaired) electrons. The van der Waals surface area contributed by atoms with Gasteiger partial charge in [-0.1, -0.05) is 20.3 Å². The smallest absolute Gasteiger partial charge is 0.329 e. The van der Waals surface area contributed by atoms with Crippen molar-refractivity contribution in [1.82, 2.24) is 15.1 Å². The van der Waals surface area contributed by atoms with Gasteiger partial charge >= 0.3 is 5.97 Å². The second kappa shape index (κ2) is 6.36. The van der Waals surface area contributed by atoms with Crippen LogP contribution in [0.1, 0.15) is 50.4 Å². The number of aliphatic carboxylic acids is 1. The summed E-state index contributed by atoms with van der Waals surface area (Å²) in [6.45, 7) is 6.16. The second-order valence-corrected chi connectivity index (χ2v) is 4.83. The predicted molar refractivity (Wildman–Crippen MR) is 70.9 cm³/mol. The van der Waals surface area contributed by atoms with Crippen molar-refractivity contribution >= 4 is 11.9 Å². The molecule has 0 aliphatic carbocycles. The van der Waals surface area contributed by atoms with E-state index in [-0.39, 0.29) is 0 Å². The first-order chi connectivity index (χ1) is 8.92. The summed E-state index contributed by atoms with van der Waals surface area (Å²) in [5.41, 5.74) is -0.851. The fourth-order valence-electron chi connectivity index (χ4n) is 1.88. The molecule has 6 nitrogen and oxygen atoms in total. The van der Waals surface area contributed by atoms with Crippen molar-refractivity contribution in [2.75, 3.05) is 0 Å². The Balaban J connectivity index is 2.78. The zero-order valence-corrected chi connectivity index (χ0v) is 11.6. The average Bonchev–Trinajstić information content (AvgIpc) is 2.78. The van der Waals surface area contributed by atoms with Crippen molar-refractivity contribution in [3.63, 3.8) is 0 Å². The quantitative estimate of drug-likeness (QED) is 0.787. The third-order valence-corrected chi connectivity index (χ3v) is 2.96. The summed E-state index contributed by atoms with van der Waals surface area (Å²) in [6, 6.07) is 0. The van der Waals surface area contributed by atoms with Crippen LogP contribution in [-0.4, -0.2) is 32.3 Å². The van der Waals surface area contributed by atoms with E-state index in [9.17, 15) is 14.7 Å². The maximum absolute atomic E-state index is 12.0. The number of nitrogens with one attached hydrogen (secondary N) is 1. The molecule has 0 aliphatic rings. The summed E-state index contributed by atoms with van der Waals surface area (Å²) in [7, 11) is 0. The van der Waals surface area contributed by atoms with Crippen LogP contribution in [0.3, 0.4) is 0 Å². The first-order valence-electron chi connectivity index (χ1n) is 6.51. The van der Waals surface area contributed by atoms with Crippen LogP contribution in [0.5, 0.6) is 0 Å². The summed E-state index contributed by atoms with van der Waals surface area (Å²) in [5, 5.41) is 15.8. The zero-order chi connectivity index (χ0) is 14.5. The van der Waals surface area contributed by atoms with E-state index in [0.717, 1.165) is 13.0 Å². The summed E-state index contributed by atoms with van der Waals surface area (Å²) in [4.78, 5) is 23.3. The fraction of sp³-hybridized carbons (Fsp3) is 0.615. The normalized spacial score (nSPS) is 13.8. The van der Waals surface area contributed by atoms with Crippen LogP contribution >= 0.6 is 0 Å². The van der Waals surface area contributed by atoms with Crippen LogP contribution in [0, 0.1) is 0 Å². The number of carboxylic acids is 1. The van der Waals surface area contributed by atoms with Crippen molar-refractivity contribution in [2.45, 2.75) is 52.1 Å². The Labute approximate surface area is 112 Å². The van der Waals surface area contributed by atoms with E-state index in [2.05, 4.69) is 10.4 Å². The molecule has 1 unspecified atom stereocenters. The molecular weight excluding hydrogens is 246 g/mol. The molecule has 2 N–H and O–H groups in total. The number of aryl methyl sites for hydroxylation is 1. The Bertz CT molecular complexity index is 456. The van der Waals surface area contributed by atoms with Gasteiger partial charge in [0.2, 0.25) is 0 Å². The highest BCUT2D eigenvalue weighted by atomic mass is 16.4. The maximum Gasteiger partial charge on any atom is 0.329 e. The number of aromatic nitrogens is 2. The van der Waals surface area contributed by atoms with Crippen LogP contribution < -0.4 is 5.32 Å². The largest absolute Gasteiger partial charge is 0.480 e. The van der Waals surface area contributed by atoms with E-state index in [1.807, 2.05) is 13.8 Å². The van der Waals surface area contributed by atoms with E-state index in [1.54, 1.807) is 10.9 Å². The number of carbonyl (C=O) groups excluding carboxylic acids is 1. The van der Waals surface area contributed by atoms with Crippen LogP contribution in [0.25, 0.3) is 0 Å². The zero-order valence-electron chi connectivity index (χ0n) is 11.6. The van der Waals surface area contributed by atoms with E-state index in [1.165, 1.54) is 13.1 Å². The molecule has 0 aromatic carbocycles. The number of carbonyl (C=O) groups is 2. The molecule has 1 rings (SSSR count). The molecule has 6 heteroatoms. The van der Waals surface area contributed by atoms with Gasteiger partial charge in [0, 0.05) is 12.7 Å². The predicted octanol–water partition coefficient (Wildman–Crippen LogP) is 1.67. The molecule has 0 saturated carbocycles. The molecule has 0 bridgehead atoms. The Kier molecular flexibility index (Phi) is 5.09. The highest BCUT2D eigenvalue weighted by Gasteiger charge is 2.34. The summed E-state index contributed by atoms with van der Waals surface area (Å²) < 4.78 is 1.67. The van der Waals surface area contributed by atoms with Crippen LogP contribution in [-0.2, 0) is 11.3 Å². The van der Waals surface area contributed by atoms with Crippen molar-refractivity contribution in [3.8, 4) is 0 Å². The van der Waals surface area contributed by atoms with E-state index >= 15 is 0 Å². The lowest BCUT2D eigenvalue weighted by Gasteiger charge is -2.25. The molecule has 0 aliphatic heterocycles. The average molecular weight is 267 g/mol. The maximum atomic E-state index is 12.0. The molecule has 1 aromatic heterocycles. The van der Waals surface area contributed by atoms with Gasteiger partial charge in [-0.15, -0.1) is 0 Å². The molecule has 1 aromatic rings. The molecule has 0 saturated heterocycles. The van der Waals surface area contributed by atoms with Gasteiger partial charge in [-0.3, -0.25) is 9.48 Å². The van der Waals surface area contributed by atoms with Gasteiger partial charge in [0.15, 0.2) is 0 Å².